The highest BCUT2D eigenvalue weighted by Gasteiger charge is 2.39. The molecule has 1 saturated heterocycles. The predicted octanol–water partition coefficient (Wildman–Crippen LogP) is 0.912. The van der Waals surface area contributed by atoms with E-state index in [1.54, 1.807) is 27.7 Å². The fourth-order valence-corrected chi connectivity index (χ4v) is 5.06. The molecule has 0 unspecified atom stereocenters. The Morgan fingerprint density at radius 1 is 0.950 bits per heavy atom. The summed E-state index contributed by atoms with van der Waals surface area (Å²) in [6.07, 6.45) is 4.03. The molecule has 13 heteroatoms. The van der Waals surface area contributed by atoms with Crippen molar-refractivity contribution in [3.63, 3.8) is 0 Å². The summed E-state index contributed by atoms with van der Waals surface area (Å²) in [5, 5.41) is 7.76. The van der Waals surface area contributed by atoms with Gasteiger partial charge in [-0.3, -0.25) is 24.0 Å². The number of amides is 5. The lowest BCUT2D eigenvalue weighted by atomic mass is 9.83. The quantitative estimate of drug-likeness (QED) is 0.201. The lowest BCUT2D eigenvalue weighted by molar-refractivity contribution is -0.146. The zero-order valence-electron chi connectivity index (χ0n) is 24.0. The molecule has 0 aromatic carbocycles. The number of carbonyl (C=O) groups is 6. The molecule has 0 bridgehead atoms. The van der Waals surface area contributed by atoms with E-state index >= 15 is 0 Å². The van der Waals surface area contributed by atoms with Crippen molar-refractivity contribution >= 4 is 35.7 Å². The summed E-state index contributed by atoms with van der Waals surface area (Å²) < 4.78 is 10.8. The summed E-state index contributed by atoms with van der Waals surface area (Å²) in [5.41, 5.74) is 9.75. The van der Waals surface area contributed by atoms with E-state index in [4.69, 9.17) is 20.9 Å². The minimum Gasteiger partial charge on any atom is -0.460 e. The molecule has 1 saturated carbocycles. The normalized spacial score (nSPS) is 21.9. The minimum absolute atomic E-state index is 0.161. The highest BCUT2D eigenvalue weighted by molar-refractivity contribution is 5.94. The molecule has 2 aliphatic rings. The van der Waals surface area contributed by atoms with E-state index in [2.05, 4.69) is 16.0 Å². The third-order valence-corrected chi connectivity index (χ3v) is 7.07. The lowest BCUT2D eigenvalue weighted by Gasteiger charge is -2.31. The van der Waals surface area contributed by atoms with Crippen LogP contribution in [0.4, 0.5) is 4.79 Å². The first-order valence-corrected chi connectivity index (χ1v) is 14.0. The van der Waals surface area contributed by atoms with E-state index in [1.165, 1.54) is 0 Å². The van der Waals surface area contributed by atoms with E-state index in [0.717, 1.165) is 32.1 Å². The first kappa shape index (κ1) is 32.8. The Balaban J connectivity index is 2.18. The van der Waals surface area contributed by atoms with Gasteiger partial charge in [0, 0.05) is 6.42 Å². The van der Waals surface area contributed by atoms with Gasteiger partial charge in [-0.15, -0.1) is 0 Å². The number of esters is 1. The van der Waals surface area contributed by atoms with Crippen LogP contribution < -0.4 is 27.4 Å². The number of nitrogens with one attached hydrogen (secondary N) is 3. The van der Waals surface area contributed by atoms with Crippen LogP contribution in [0.1, 0.15) is 91.9 Å². The van der Waals surface area contributed by atoms with Crippen molar-refractivity contribution < 1.29 is 38.2 Å². The highest BCUT2D eigenvalue weighted by Crippen LogP contribution is 2.31. The topological polar surface area (TPSA) is 209 Å². The Morgan fingerprint density at radius 2 is 1.57 bits per heavy atom. The Labute approximate surface area is 235 Å². The number of rotatable bonds is 13. The summed E-state index contributed by atoms with van der Waals surface area (Å²) in [6, 6.07) is -3.16. The van der Waals surface area contributed by atoms with E-state index in [-0.39, 0.29) is 24.7 Å². The standard InChI is InChI=1S/C27H45N5O8/c1-15-12-20(39-25(15)37)18(13-16-8-6-5-7-9-16)30-24(36)19(14-22(29)34)31-23(35)17(10-11-21(28)33)32-26(38)40-27(2,3)4/h15-20H,5-14H2,1-4H3,(H2,28,33)(H2,29,34)(H,30,36)(H,31,35)(H,32,38)/t15-,17+,18+,19+,20+/m1/s1. The van der Waals surface area contributed by atoms with Crippen LogP contribution in [0.15, 0.2) is 0 Å². The van der Waals surface area contributed by atoms with E-state index in [1.807, 2.05) is 0 Å². The third-order valence-electron chi connectivity index (χ3n) is 7.07. The Kier molecular flexibility index (Phi) is 12.2. The molecule has 226 valence electrons. The second kappa shape index (κ2) is 14.8. The van der Waals surface area contributed by atoms with Crippen molar-refractivity contribution in [2.24, 2.45) is 23.3 Å². The highest BCUT2D eigenvalue weighted by atomic mass is 16.6. The second-order valence-corrected chi connectivity index (χ2v) is 11.9. The van der Waals surface area contributed by atoms with Gasteiger partial charge in [-0.1, -0.05) is 39.0 Å². The number of alkyl carbamates (subject to hydrolysis) is 1. The number of hydrogen-bond donors (Lipinski definition) is 5. The number of nitrogens with two attached hydrogens (primary N) is 2. The molecule has 5 amide bonds. The summed E-state index contributed by atoms with van der Waals surface area (Å²) in [6.45, 7) is 6.70. The monoisotopic (exact) mass is 567 g/mol. The fraction of sp³-hybridized carbons (Fsp3) is 0.778. The van der Waals surface area contributed by atoms with Crippen molar-refractivity contribution in [2.75, 3.05) is 0 Å². The Bertz CT molecular complexity index is 944. The largest absolute Gasteiger partial charge is 0.460 e. The molecule has 2 rings (SSSR count). The van der Waals surface area contributed by atoms with E-state index in [0.29, 0.717) is 18.8 Å². The molecule has 0 radical (unpaired) electrons. The Hall–Kier alpha value is -3.38. The summed E-state index contributed by atoms with van der Waals surface area (Å²) >= 11 is 0. The van der Waals surface area contributed by atoms with Crippen LogP contribution >= 0.6 is 0 Å². The molecule has 5 atom stereocenters. The second-order valence-electron chi connectivity index (χ2n) is 11.9. The third kappa shape index (κ3) is 11.4. The van der Waals surface area contributed by atoms with Crippen LogP contribution in [-0.4, -0.2) is 65.5 Å². The van der Waals surface area contributed by atoms with Gasteiger partial charge in [0.25, 0.3) is 0 Å². The summed E-state index contributed by atoms with van der Waals surface area (Å²) in [7, 11) is 0. The van der Waals surface area contributed by atoms with Crippen LogP contribution in [0, 0.1) is 11.8 Å². The van der Waals surface area contributed by atoms with E-state index in [9.17, 15) is 28.8 Å². The number of carbonyl (C=O) groups excluding carboxylic acids is 6. The number of ether oxygens (including phenoxy) is 2. The minimum atomic E-state index is -1.37. The number of cyclic esters (lactones) is 1. The zero-order chi connectivity index (χ0) is 30.0. The van der Waals surface area contributed by atoms with Crippen LogP contribution in [-0.2, 0) is 33.4 Å². The van der Waals surface area contributed by atoms with Gasteiger partial charge in [-0.05, 0) is 46.0 Å². The van der Waals surface area contributed by atoms with Gasteiger partial charge in [0.1, 0.15) is 23.8 Å². The molecular weight excluding hydrogens is 522 g/mol. The average Bonchev–Trinajstić information content (AvgIpc) is 3.17. The van der Waals surface area contributed by atoms with Gasteiger partial charge in [0.2, 0.25) is 23.6 Å². The molecule has 2 fully saturated rings. The smallest absolute Gasteiger partial charge is 0.408 e. The summed E-state index contributed by atoms with van der Waals surface area (Å²) in [5.74, 6) is -3.32. The molecular formula is C27H45N5O8. The number of primary amides is 2. The molecule has 1 heterocycles. The van der Waals surface area contributed by atoms with E-state index < -0.39 is 66.0 Å². The SMILES string of the molecule is C[C@@H]1C[C@@H]([C@H](CC2CCCCC2)NC(=O)[C@H](CC(N)=O)NC(=O)[C@H](CCC(N)=O)NC(=O)OC(C)(C)C)OC1=O. The van der Waals surface area contributed by atoms with Crippen LogP contribution in [0.5, 0.6) is 0 Å². The molecule has 1 aliphatic carbocycles. The van der Waals surface area contributed by atoms with Crippen molar-refractivity contribution in [3.05, 3.63) is 0 Å². The van der Waals surface area contributed by atoms with Crippen LogP contribution in [0.2, 0.25) is 0 Å². The zero-order valence-corrected chi connectivity index (χ0v) is 24.0. The molecule has 0 aromatic rings. The molecule has 1 aliphatic heterocycles. The van der Waals surface area contributed by atoms with Gasteiger partial charge in [-0.25, -0.2) is 4.79 Å². The molecule has 40 heavy (non-hydrogen) atoms. The van der Waals surface area contributed by atoms with Crippen LogP contribution in [0.3, 0.4) is 0 Å². The maximum atomic E-state index is 13.4. The Morgan fingerprint density at radius 3 is 2.10 bits per heavy atom. The number of hydrogen-bond acceptors (Lipinski definition) is 8. The molecule has 0 spiro atoms. The molecule has 7 N–H and O–H groups in total. The van der Waals surface area contributed by atoms with Crippen molar-refractivity contribution in [1.82, 2.24) is 16.0 Å². The van der Waals surface area contributed by atoms with Gasteiger partial charge in [0.15, 0.2) is 0 Å². The molecule has 0 aromatic heterocycles. The van der Waals surface area contributed by atoms with Gasteiger partial charge in [-0.2, -0.15) is 0 Å². The van der Waals surface area contributed by atoms with Crippen LogP contribution in [0.25, 0.3) is 0 Å². The summed E-state index contributed by atoms with van der Waals surface area (Å²) in [4.78, 5) is 74.2. The predicted molar refractivity (Wildman–Crippen MR) is 144 cm³/mol. The first-order valence-electron chi connectivity index (χ1n) is 14.0. The van der Waals surface area contributed by atoms with Crippen molar-refractivity contribution in [3.8, 4) is 0 Å². The average molecular weight is 568 g/mol. The maximum absolute atomic E-state index is 13.4. The van der Waals surface area contributed by atoms with Gasteiger partial charge in [0.05, 0.1) is 18.4 Å². The van der Waals surface area contributed by atoms with Gasteiger partial charge >= 0.3 is 12.1 Å². The fourth-order valence-electron chi connectivity index (χ4n) is 5.06. The van der Waals surface area contributed by atoms with Gasteiger partial charge < -0.3 is 36.9 Å². The first-order chi connectivity index (χ1) is 18.6. The maximum Gasteiger partial charge on any atom is 0.408 e. The molecule has 13 nitrogen and oxygen atoms in total. The lowest BCUT2D eigenvalue weighted by Crippen LogP contribution is -2.57. The van der Waals surface area contributed by atoms with Crippen molar-refractivity contribution in [2.45, 2.75) is 122 Å². The van der Waals surface area contributed by atoms with Crippen molar-refractivity contribution in [1.29, 1.82) is 0 Å².